The number of carbonyl (C=O) groups is 1. The molecule has 0 radical (unpaired) electrons. The molecule has 0 amide bonds. The highest BCUT2D eigenvalue weighted by Gasteiger charge is 2.17. The van der Waals surface area contributed by atoms with Crippen molar-refractivity contribution in [3.05, 3.63) is 106 Å². The molecule has 34 heavy (non-hydrogen) atoms. The van der Waals surface area contributed by atoms with E-state index in [4.69, 9.17) is 15.4 Å². The first-order valence-corrected chi connectivity index (χ1v) is 10.6. The molecule has 0 aliphatic carbocycles. The molecule has 0 aliphatic rings. The third-order valence-electron chi connectivity index (χ3n) is 5.24. The van der Waals surface area contributed by atoms with Gasteiger partial charge in [0.05, 0.1) is 12.1 Å². The van der Waals surface area contributed by atoms with Crippen LogP contribution in [0.1, 0.15) is 16.7 Å². The SMILES string of the molecule is NOCc1cn(CC(=O)O)c2cc(OCc3ccccc3)c(OCc3ccccc3)cc2c1=O. The highest BCUT2D eigenvalue weighted by Crippen LogP contribution is 2.33. The summed E-state index contributed by atoms with van der Waals surface area (Å²) < 4.78 is 13.6. The lowest BCUT2D eigenvalue weighted by Gasteiger charge is -2.17. The Hall–Kier alpha value is -4.14. The van der Waals surface area contributed by atoms with Crippen LogP contribution in [0.4, 0.5) is 0 Å². The van der Waals surface area contributed by atoms with Crippen molar-refractivity contribution < 1.29 is 24.2 Å². The van der Waals surface area contributed by atoms with Gasteiger partial charge in [0.25, 0.3) is 0 Å². The molecule has 0 saturated heterocycles. The van der Waals surface area contributed by atoms with Crippen LogP contribution in [0.2, 0.25) is 0 Å². The maximum absolute atomic E-state index is 13.1. The lowest BCUT2D eigenvalue weighted by Crippen LogP contribution is -2.19. The first-order chi connectivity index (χ1) is 16.5. The van der Waals surface area contributed by atoms with Crippen molar-refractivity contribution in [1.82, 2.24) is 4.57 Å². The van der Waals surface area contributed by atoms with E-state index in [9.17, 15) is 14.7 Å². The topological polar surface area (TPSA) is 113 Å². The molecule has 0 saturated carbocycles. The predicted molar refractivity (Wildman–Crippen MR) is 126 cm³/mol. The van der Waals surface area contributed by atoms with Gasteiger partial charge >= 0.3 is 5.97 Å². The molecule has 1 aromatic heterocycles. The van der Waals surface area contributed by atoms with Crippen LogP contribution in [0.25, 0.3) is 10.9 Å². The predicted octanol–water partition coefficient (Wildman–Crippen LogP) is 3.63. The molecule has 0 fully saturated rings. The number of hydrogen-bond donors (Lipinski definition) is 2. The third kappa shape index (κ3) is 5.43. The zero-order valence-electron chi connectivity index (χ0n) is 18.3. The fourth-order valence-electron chi connectivity index (χ4n) is 3.62. The maximum Gasteiger partial charge on any atom is 0.323 e. The highest BCUT2D eigenvalue weighted by molar-refractivity contribution is 5.84. The molecule has 3 aromatic carbocycles. The van der Waals surface area contributed by atoms with Crippen LogP contribution in [0, 0.1) is 0 Å². The zero-order chi connectivity index (χ0) is 23.9. The number of carboxylic acids is 1. The van der Waals surface area contributed by atoms with Gasteiger partial charge in [0.2, 0.25) is 0 Å². The lowest BCUT2D eigenvalue weighted by molar-refractivity contribution is -0.137. The van der Waals surface area contributed by atoms with E-state index in [0.29, 0.717) is 17.0 Å². The van der Waals surface area contributed by atoms with Crippen molar-refractivity contribution in [2.75, 3.05) is 0 Å². The number of ether oxygens (including phenoxy) is 2. The minimum absolute atomic E-state index is 0.152. The second kappa shape index (κ2) is 10.7. The molecule has 0 spiro atoms. The van der Waals surface area contributed by atoms with Crippen LogP contribution in [0.15, 0.2) is 83.8 Å². The monoisotopic (exact) mass is 460 g/mol. The summed E-state index contributed by atoms with van der Waals surface area (Å²) in [5.41, 5.74) is 2.23. The summed E-state index contributed by atoms with van der Waals surface area (Å²) >= 11 is 0. The van der Waals surface area contributed by atoms with E-state index in [1.54, 1.807) is 12.1 Å². The molecule has 3 N–H and O–H groups in total. The number of carboxylic acid groups (broad SMARTS) is 1. The normalized spacial score (nSPS) is 10.9. The number of hydrogen-bond acceptors (Lipinski definition) is 6. The first-order valence-electron chi connectivity index (χ1n) is 10.6. The van der Waals surface area contributed by atoms with E-state index in [2.05, 4.69) is 4.84 Å². The summed E-state index contributed by atoms with van der Waals surface area (Å²) in [5, 5.41) is 9.68. The van der Waals surface area contributed by atoms with Gasteiger partial charge in [-0.3, -0.25) is 14.4 Å². The highest BCUT2D eigenvalue weighted by atomic mass is 16.6. The zero-order valence-corrected chi connectivity index (χ0v) is 18.3. The Labute approximate surface area is 195 Å². The summed E-state index contributed by atoms with van der Waals surface area (Å²) in [7, 11) is 0. The van der Waals surface area contributed by atoms with Gasteiger partial charge in [-0.2, -0.15) is 0 Å². The fraction of sp³-hybridized carbons (Fsp3) is 0.154. The molecular formula is C26H24N2O6. The van der Waals surface area contributed by atoms with Crippen molar-refractivity contribution in [3.63, 3.8) is 0 Å². The number of aliphatic carboxylic acids is 1. The molecule has 8 nitrogen and oxygen atoms in total. The van der Waals surface area contributed by atoms with Gasteiger partial charge in [0, 0.05) is 23.2 Å². The summed E-state index contributed by atoms with van der Waals surface area (Å²) in [5.74, 6) is 4.89. The molecule has 8 heteroatoms. The minimum atomic E-state index is -1.05. The number of nitrogens with zero attached hydrogens (tertiary/aromatic N) is 1. The number of benzene rings is 3. The third-order valence-corrected chi connectivity index (χ3v) is 5.24. The Balaban J connectivity index is 1.79. The average molecular weight is 460 g/mol. The lowest BCUT2D eigenvalue weighted by atomic mass is 10.1. The van der Waals surface area contributed by atoms with Gasteiger partial charge < -0.3 is 19.1 Å². The Kier molecular flexibility index (Phi) is 7.22. The van der Waals surface area contributed by atoms with Crippen molar-refractivity contribution in [1.29, 1.82) is 0 Å². The van der Waals surface area contributed by atoms with E-state index in [1.807, 2.05) is 60.7 Å². The Morgan fingerprint density at radius 2 is 1.41 bits per heavy atom. The van der Waals surface area contributed by atoms with Gasteiger partial charge in [-0.1, -0.05) is 60.7 Å². The van der Waals surface area contributed by atoms with E-state index in [-0.39, 0.29) is 42.7 Å². The standard InChI is InChI=1S/C26H24N2O6/c27-34-17-20-13-28(14-25(29)30)22-12-24(33-16-19-9-5-2-6-10-19)23(11-21(22)26(20)31)32-15-18-7-3-1-4-8-18/h1-13H,14-17,27H2,(H,29,30). The number of fused-ring (bicyclic) bond motifs is 1. The van der Waals surface area contributed by atoms with Crippen LogP contribution in [0.5, 0.6) is 11.5 Å². The number of rotatable bonds is 10. The maximum atomic E-state index is 13.1. The van der Waals surface area contributed by atoms with Gasteiger partial charge in [-0.25, -0.2) is 5.90 Å². The van der Waals surface area contributed by atoms with E-state index < -0.39 is 5.97 Å². The molecule has 4 rings (SSSR count). The summed E-state index contributed by atoms with van der Waals surface area (Å²) in [6.45, 7) is 0.0385. The molecule has 0 unspecified atom stereocenters. The fourth-order valence-corrected chi connectivity index (χ4v) is 3.62. The molecule has 0 aliphatic heterocycles. The number of nitrogens with two attached hydrogens (primary N) is 1. The van der Waals surface area contributed by atoms with E-state index in [1.165, 1.54) is 10.8 Å². The Morgan fingerprint density at radius 1 is 0.853 bits per heavy atom. The smallest absolute Gasteiger partial charge is 0.323 e. The largest absolute Gasteiger partial charge is 0.485 e. The number of pyridine rings is 1. The molecule has 1 heterocycles. The van der Waals surface area contributed by atoms with Gasteiger partial charge in [0.15, 0.2) is 16.9 Å². The molecule has 0 bridgehead atoms. The molecule has 174 valence electrons. The minimum Gasteiger partial charge on any atom is -0.485 e. The molecular weight excluding hydrogens is 436 g/mol. The summed E-state index contributed by atoms with van der Waals surface area (Å²) in [6.07, 6.45) is 1.44. The van der Waals surface area contributed by atoms with E-state index in [0.717, 1.165) is 11.1 Å². The van der Waals surface area contributed by atoms with Crippen LogP contribution in [-0.2, 0) is 36.0 Å². The first kappa shape index (κ1) is 23.0. The number of aromatic nitrogens is 1. The van der Waals surface area contributed by atoms with E-state index >= 15 is 0 Å². The van der Waals surface area contributed by atoms with Crippen molar-refractivity contribution in [2.24, 2.45) is 5.90 Å². The van der Waals surface area contributed by atoms with Crippen LogP contribution < -0.4 is 20.8 Å². The Morgan fingerprint density at radius 3 is 1.94 bits per heavy atom. The van der Waals surface area contributed by atoms with Gasteiger partial charge in [-0.05, 0) is 17.2 Å². The van der Waals surface area contributed by atoms with Gasteiger partial charge in [-0.15, -0.1) is 0 Å². The molecule has 4 aromatic rings. The van der Waals surface area contributed by atoms with Crippen LogP contribution in [0.3, 0.4) is 0 Å². The summed E-state index contributed by atoms with van der Waals surface area (Å²) in [6, 6.07) is 22.4. The average Bonchev–Trinajstić information content (AvgIpc) is 2.85. The van der Waals surface area contributed by atoms with Crippen LogP contribution in [-0.4, -0.2) is 15.6 Å². The second-order valence-electron chi connectivity index (χ2n) is 7.68. The Bertz CT molecular complexity index is 1340. The van der Waals surface area contributed by atoms with Crippen LogP contribution >= 0.6 is 0 Å². The van der Waals surface area contributed by atoms with Gasteiger partial charge in [0.1, 0.15) is 19.8 Å². The quantitative estimate of drug-likeness (QED) is 0.348. The summed E-state index contributed by atoms with van der Waals surface area (Å²) in [4.78, 5) is 29.2. The second-order valence-corrected chi connectivity index (χ2v) is 7.68. The van der Waals surface area contributed by atoms with Crippen molar-refractivity contribution in [2.45, 2.75) is 26.4 Å². The van der Waals surface area contributed by atoms with Crippen molar-refractivity contribution >= 4 is 16.9 Å². The molecule has 0 atom stereocenters. The van der Waals surface area contributed by atoms with Crippen molar-refractivity contribution in [3.8, 4) is 11.5 Å².